The second-order valence-electron chi connectivity index (χ2n) is 1.40. The zero-order chi connectivity index (χ0) is 7.91. The molecule has 0 heterocycles. The van der Waals surface area contributed by atoms with Crippen molar-refractivity contribution in [3.63, 3.8) is 0 Å². The van der Waals surface area contributed by atoms with Crippen molar-refractivity contribution in [1.82, 2.24) is 0 Å². The standard InChI is InChI=1S/C3H6O2S.C3H6/c1-3-6(2,4)5;1-3-2/h3H,1H2,2H3;3H,1H2,2H3. The average Bonchev–Trinajstić information content (AvgIpc) is 1.67. The fourth-order valence-electron chi connectivity index (χ4n) is 0. The van der Waals surface area contributed by atoms with E-state index in [1.807, 2.05) is 6.92 Å². The van der Waals surface area contributed by atoms with Gasteiger partial charge < -0.3 is 0 Å². The van der Waals surface area contributed by atoms with Crippen LogP contribution in [0.25, 0.3) is 0 Å². The van der Waals surface area contributed by atoms with Crippen LogP contribution in [0.4, 0.5) is 0 Å². The van der Waals surface area contributed by atoms with E-state index in [1.54, 1.807) is 6.08 Å². The molecule has 0 unspecified atom stereocenters. The van der Waals surface area contributed by atoms with Gasteiger partial charge in [0.2, 0.25) is 0 Å². The Kier molecular flexibility index (Phi) is 6.96. The highest BCUT2D eigenvalue weighted by atomic mass is 32.2. The second-order valence-corrected chi connectivity index (χ2v) is 3.40. The van der Waals surface area contributed by atoms with E-state index in [0.717, 1.165) is 11.7 Å². The van der Waals surface area contributed by atoms with Crippen molar-refractivity contribution >= 4 is 9.84 Å². The Balaban J connectivity index is 0. The summed E-state index contributed by atoms with van der Waals surface area (Å²) >= 11 is 0. The van der Waals surface area contributed by atoms with E-state index in [0.29, 0.717) is 0 Å². The molecule has 0 aliphatic heterocycles. The van der Waals surface area contributed by atoms with Crippen LogP contribution < -0.4 is 0 Å². The number of hydrogen-bond acceptors (Lipinski definition) is 2. The summed E-state index contributed by atoms with van der Waals surface area (Å²) in [5.41, 5.74) is 0. The molecule has 0 N–H and O–H groups in total. The minimum atomic E-state index is -2.90. The summed E-state index contributed by atoms with van der Waals surface area (Å²) in [5.74, 6) is 0. The Labute approximate surface area is 56.8 Å². The molecule has 0 radical (unpaired) electrons. The number of rotatable bonds is 1. The Morgan fingerprint density at radius 3 is 1.44 bits per heavy atom. The smallest absolute Gasteiger partial charge is 0.168 e. The van der Waals surface area contributed by atoms with Crippen molar-refractivity contribution in [1.29, 1.82) is 0 Å². The van der Waals surface area contributed by atoms with Gasteiger partial charge in [0, 0.05) is 11.7 Å². The summed E-state index contributed by atoms with van der Waals surface area (Å²) < 4.78 is 19.8. The van der Waals surface area contributed by atoms with Gasteiger partial charge in [-0.3, -0.25) is 0 Å². The summed E-state index contributed by atoms with van der Waals surface area (Å²) in [6, 6.07) is 0. The van der Waals surface area contributed by atoms with Gasteiger partial charge in [-0.15, -0.1) is 6.58 Å². The monoisotopic (exact) mass is 148 g/mol. The zero-order valence-corrected chi connectivity index (χ0v) is 6.61. The van der Waals surface area contributed by atoms with Gasteiger partial charge in [-0.25, -0.2) is 8.42 Å². The third-order valence-corrected chi connectivity index (χ3v) is 0.908. The highest BCUT2D eigenvalue weighted by Gasteiger charge is 1.85. The lowest BCUT2D eigenvalue weighted by Crippen LogP contribution is -1.84. The van der Waals surface area contributed by atoms with Gasteiger partial charge >= 0.3 is 0 Å². The van der Waals surface area contributed by atoms with Crippen LogP contribution in [0.3, 0.4) is 0 Å². The van der Waals surface area contributed by atoms with E-state index in [-0.39, 0.29) is 0 Å². The molecule has 0 spiro atoms. The Bertz CT molecular complexity index is 154. The number of sulfone groups is 1. The van der Waals surface area contributed by atoms with Crippen molar-refractivity contribution in [3.8, 4) is 0 Å². The first kappa shape index (κ1) is 11.3. The van der Waals surface area contributed by atoms with Gasteiger partial charge in [0.1, 0.15) is 0 Å². The van der Waals surface area contributed by atoms with E-state index in [1.165, 1.54) is 0 Å². The molecule has 0 bridgehead atoms. The van der Waals surface area contributed by atoms with Gasteiger partial charge in [0.15, 0.2) is 9.84 Å². The second kappa shape index (κ2) is 5.56. The number of hydrogen-bond donors (Lipinski definition) is 0. The van der Waals surface area contributed by atoms with E-state index < -0.39 is 9.84 Å². The molecule has 0 saturated heterocycles. The normalized spacial score (nSPS) is 8.67. The summed E-state index contributed by atoms with van der Waals surface area (Å²) in [6.07, 6.45) is 2.85. The average molecular weight is 148 g/mol. The quantitative estimate of drug-likeness (QED) is 0.526. The summed E-state index contributed by atoms with van der Waals surface area (Å²) in [6.45, 7) is 8.29. The van der Waals surface area contributed by atoms with Crippen LogP contribution >= 0.6 is 0 Å². The van der Waals surface area contributed by atoms with Gasteiger partial charge in [-0.2, -0.15) is 0 Å². The van der Waals surface area contributed by atoms with E-state index in [4.69, 9.17) is 0 Å². The van der Waals surface area contributed by atoms with Crippen molar-refractivity contribution in [2.24, 2.45) is 0 Å². The Hall–Kier alpha value is -0.570. The Morgan fingerprint density at radius 1 is 1.33 bits per heavy atom. The molecule has 0 rings (SSSR count). The molecule has 0 aromatic rings. The topological polar surface area (TPSA) is 34.1 Å². The predicted octanol–water partition coefficient (Wildman–Crippen LogP) is 1.37. The largest absolute Gasteiger partial charge is 0.225 e. The molecule has 9 heavy (non-hydrogen) atoms. The summed E-state index contributed by atoms with van der Waals surface area (Å²) in [7, 11) is -2.90. The van der Waals surface area contributed by atoms with Crippen LogP contribution in [0.2, 0.25) is 0 Å². The van der Waals surface area contributed by atoms with Gasteiger partial charge in [0.25, 0.3) is 0 Å². The van der Waals surface area contributed by atoms with Crippen molar-refractivity contribution in [2.45, 2.75) is 6.92 Å². The Morgan fingerprint density at radius 2 is 1.44 bits per heavy atom. The van der Waals surface area contributed by atoms with Crippen molar-refractivity contribution < 1.29 is 8.42 Å². The molecule has 2 nitrogen and oxygen atoms in total. The lowest BCUT2D eigenvalue weighted by molar-refractivity contribution is 0.610. The molecular weight excluding hydrogens is 136 g/mol. The molecule has 3 heteroatoms. The number of allylic oxidation sites excluding steroid dienone is 1. The van der Waals surface area contributed by atoms with Gasteiger partial charge in [-0.05, 0) is 6.92 Å². The summed E-state index contributed by atoms with van der Waals surface area (Å²) in [4.78, 5) is 0. The first-order chi connectivity index (χ1) is 3.97. The third-order valence-electron chi connectivity index (χ3n) is 0.303. The molecule has 0 aliphatic rings. The maximum Gasteiger partial charge on any atom is 0.168 e. The maximum atomic E-state index is 9.88. The molecule has 0 aromatic carbocycles. The van der Waals surface area contributed by atoms with Gasteiger partial charge in [0.05, 0.1) is 0 Å². The highest BCUT2D eigenvalue weighted by molar-refractivity contribution is 7.93. The van der Waals surface area contributed by atoms with E-state index in [2.05, 4.69) is 13.2 Å². The minimum absolute atomic E-state index is 0.910. The van der Waals surface area contributed by atoms with Crippen LogP contribution in [0.5, 0.6) is 0 Å². The minimum Gasteiger partial charge on any atom is -0.225 e. The van der Waals surface area contributed by atoms with Crippen LogP contribution in [-0.4, -0.2) is 14.7 Å². The highest BCUT2D eigenvalue weighted by Crippen LogP contribution is 1.76. The van der Waals surface area contributed by atoms with E-state index in [9.17, 15) is 8.42 Å². The lowest BCUT2D eigenvalue weighted by Gasteiger charge is -1.74. The summed E-state index contributed by atoms with van der Waals surface area (Å²) in [5, 5.41) is 0.910. The van der Waals surface area contributed by atoms with E-state index >= 15 is 0 Å². The van der Waals surface area contributed by atoms with Crippen molar-refractivity contribution in [3.05, 3.63) is 24.6 Å². The molecule has 0 aromatic heterocycles. The fraction of sp³-hybridized carbons (Fsp3) is 0.333. The third kappa shape index (κ3) is 37.1. The lowest BCUT2D eigenvalue weighted by atomic mass is 10.8. The first-order valence-corrected chi connectivity index (χ1v) is 4.33. The van der Waals surface area contributed by atoms with Gasteiger partial charge in [-0.1, -0.05) is 12.7 Å². The molecule has 0 amide bonds. The predicted molar refractivity (Wildman–Crippen MR) is 40.9 cm³/mol. The molecule has 0 aliphatic carbocycles. The van der Waals surface area contributed by atoms with Crippen LogP contribution in [0.15, 0.2) is 24.6 Å². The molecule has 0 fully saturated rings. The first-order valence-electron chi connectivity index (χ1n) is 2.37. The fourth-order valence-corrected chi connectivity index (χ4v) is 0. The molecular formula is C6H12O2S. The van der Waals surface area contributed by atoms with Crippen LogP contribution in [0.1, 0.15) is 6.92 Å². The van der Waals surface area contributed by atoms with Crippen LogP contribution in [0, 0.1) is 0 Å². The SMILES string of the molecule is C=CC.C=CS(C)(=O)=O. The maximum absolute atomic E-state index is 9.88. The molecule has 54 valence electrons. The zero-order valence-electron chi connectivity index (χ0n) is 5.79. The molecule has 0 saturated carbocycles. The van der Waals surface area contributed by atoms with Crippen LogP contribution in [-0.2, 0) is 9.84 Å². The van der Waals surface area contributed by atoms with Crippen molar-refractivity contribution in [2.75, 3.05) is 6.26 Å². The molecule has 0 atom stereocenters.